The molecule has 0 saturated heterocycles. The first-order chi connectivity index (χ1) is 10.4. The van der Waals surface area contributed by atoms with E-state index in [1.165, 1.54) is 75.5 Å². The number of anilines is 1. The van der Waals surface area contributed by atoms with Gasteiger partial charge in [-0.05, 0) is 38.5 Å². The second-order valence-electron chi connectivity index (χ2n) is 6.60. The zero-order valence-corrected chi connectivity index (χ0v) is 13.0. The van der Waals surface area contributed by atoms with Gasteiger partial charge < -0.3 is 5.43 Å². The number of aromatic nitrogens is 2. The third-order valence-electron chi connectivity index (χ3n) is 5.06. The Morgan fingerprint density at radius 1 is 0.810 bits per heavy atom. The summed E-state index contributed by atoms with van der Waals surface area (Å²) in [6.07, 6.45) is 15.2. The summed E-state index contributed by atoms with van der Waals surface area (Å²) in [6.45, 7) is 0. The number of aryl methyl sites for hydroxylation is 1. The minimum absolute atomic E-state index is 0.533. The number of nitrogens with zero attached hydrogens (tertiary/aromatic N) is 2. The van der Waals surface area contributed by atoms with Crippen molar-refractivity contribution < 1.29 is 0 Å². The van der Waals surface area contributed by atoms with Crippen LogP contribution in [0.15, 0.2) is 0 Å². The predicted octanol–water partition coefficient (Wildman–Crippen LogP) is 3.86. The van der Waals surface area contributed by atoms with E-state index >= 15 is 0 Å². The van der Waals surface area contributed by atoms with Crippen LogP contribution in [0.3, 0.4) is 0 Å². The molecule has 1 aromatic rings. The van der Waals surface area contributed by atoms with Gasteiger partial charge in [0.1, 0.15) is 11.6 Å². The molecule has 0 bridgehead atoms. The van der Waals surface area contributed by atoms with Crippen molar-refractivity contribution in [1.82, 2.24) is 9.97 Å². The lowest BCUT2D eigenvalue weighted by Gasteiger charge is -2.21. The van der Waals surface area contributed by atoms with Gasteiger partial charge >= 0.3 is 0 Å². The van der Waals surface area contributed by atoms with Gasteiger partial charge in [-0.1, -0.05) is 38.5 Å². The number of nitrogens with one attached hydrogen (secondary N) is 1. The van der Waals surface area contributed by atoms with Crippen LogP contribution in [0.25, 0.3) is 0 Å². The molecule has 21 heavy (non-hydrogen) atoms. The lowest BCUT2D eigenvalue weighted by Crippen LogP contribution is -2.17. The predicted molar refractivity (Wildman–Crippen MR) is 86.2 cm³/mol. The molecule has 4 heteroatoms. The smallest absolute Gasteiger partial charge is 0.147 e. The van der Waals surface area contributed by atoms with Crippen molar-refractivity contribution >= 4 is 5.82 Å². The number of fused-ring (bicyclic) bond motifs is 1. The molecule has 0 atom stereocenters. The van der Waals surface area contributed by atoms with Gasteiger partial charge in [-0.25, -0.2) is 15.8 Å². The molecule has 1 fully saturated rings. The van der Waals surface area contributed by atoms with Gasteiger partial charge in [0.2, 0.25) is 0 Å². The first-order valence-corrected chi connectivity index (χ1v) is 8.75. The summed E-state index contributed by atoms with van der Waals surface area (Å²) in [6, 6.07) is 0. The minimum Gasteiger partial charge on any atom is -0.308 e. The Bertz CT molecular complexity index is 464. The van der Waals surface area contributed by atoms with Crippen LogP contribution in [0.2, 0.25) is 0 Å². The normalized spacial score (nSPS) is 21.0. The van der Waals surface area contributed by atoms with Gasteiger partial charge in [0.05, 0.1) is 0 Å². The molecule has 3 N–H and O–H groups in total. The molecule has 1 aromatic heterocycles. The standard InChI is InChI=1S/C17H28N4/c18-21-17-14-11-7-4-8-12-15(14)19-16(20-17)13-9-5-2-1-3-6-10-13/h13H,1-12,18H2,(H,19,20,21). The summed E-state index contributed by atoms with van der Waals surface area (Å²) in [7, 11) is 0. The van der Waals surface area contributed by atoms with E-state index in [1.54, 1.807) is 0 Å². The number of hydrazine groups is 1. The molecule has 0 aromatic carbocycles. The van der Waals surface area contributed by atoms with Crippen LogP contribution >= 0.6 is 0 Å². The van der Waals surface area contributed by atoms with Crippen molar-refractivity contribution in [1.29, 1.82) is 0 Å². The third kappa shape index (κ3) is 3.54. The second kappa shape index (κ2) is 7.21. The SMILES string of the molecule is NNc1nc(C2CCCCCCC2)nc2c1CCCCC2. The van der Waals surface area contributed by atoms with Crippen LogP contribution in [0.5, 0.6) is 0 Å². The van der Waals surface area contributed by atoms with E-state index in [0.717, 1.165) is 24.5 Å². The Morgan fingerprint density at radius 2 is 1.48 bits per heavy atom. The van der Waals surface area contributed by atoms with Crippen LogP contribution in [0, 0.1) is 0 Å². The maximum atomic E-state index is 5.74. The molecule has 1 heterocycles. The lowest BCUT2D eigenvalue weighted by atomic mass is 9.90. The van der Waals surface area contributed by atoms with E-state index in [1.807, 2.05) is 0 Å². The maximum absolute atomic E-state index is 5.74. The minimum atomic E-state index is 0.533. The molecule has 116 valence electrons. The molecule has 0 unspecified atom stereocenters. The molecule has 0 aliphatic heterocycles. The fraction of sp³-hybridized carbons (Fsp3) is 0.765. The molecule has 0 radical (unpaired) electrons. The van der Waals surface area contributed by atoms with Crippen LogP contribution in [-0.4, -0.2) is 9.97 Å². The zero-order chi connectivity index (χ0) is 14.5. The average Bonchev–Trinajstić information content (AvgIpc) is 2.71. The quantitative estimate of drug-likeness (QED) is 0.493. The van der Waals surface area contributed by atoms with E-state index in [9.17, 15) is 0 Å². The van der Waals surface area contributed by atoms with E-state index in [2.05, 4.69) is 5.43 Å². The number of rotatable bonds is 2. The molecule has 0 spiro atoms. The van der Waals surface area contributed by atoms with Gasteiger partial charge in [0.15, 0.2) is 0 Å². The van der Waals surface area contributed by atoms with Crippen LogP contribution in [0.4, 0.5) is 5.82 Å². The number of hydrogen-bond donors (Lipinski definition) is 2. The van der Waals surface area contributed by atoms with Gasteiger partial charge in [-0.15, -0.1) is 0 Å². The van der Waals surface area contributed by atoms with Crippen LogP contribution < -0.4 is 11.3 Å². The highest BCUT2D eigenvalue weighted by Crippen LogP contribution is 2.32. The van der Waals surface area contributed by atoms with E-state index in [4.69, 9.17) is 15.8 Å². The van der Waals surface area contributed by atoms with Crippen molar-refractivity contribution in [2.75, 3.05) is 5.43 Å². The third-order valence-corrected chi connectivity index (χ3v) is 5.06. The molecule has 0 amide bonds. The average molecular weight is 288 g/mol. The maximum Gasteiger partial charge on any atom is 0.147 e. The van der Waals surface area contributed by atoms with Crippen molar-refractivity contribution in [3.05, 3.63) is 17.1 Å². The van der Waals surface area contributed by atoms with E-state index in [-0.39, 0.29) is 0 Å². The Kier molecular flexibility index (Phi) is 5.07. The summed E-state index contributed by atoms with van der Waals surface area (Å²) in [5.41, 5.74) is 5.36. The summed E-state index contributed by atoms with van der Waals surface area (Å²) >= 11 is 0. The highest BCUT2D eigenvalue weighted by molar-refractivity contribution is 5.46. The Balaban J connectivity index is 1.89. The first kappa shape index (κ1) is 14.8. The summed E-state index contributed by atoms with van der Waals surface area (Å²) in [5.74, 6) is 8.21. The van der Waals surface area contributed by atoms with Crippen molar-refractivity contribution in [3.63, 3.8) is 0 Å². The fourth-order valence-corrected chi connectivity index (χ4v) is 3.81. The van der Waals surface area contributed by atoms with Gasteiger partial charge in [-0.3, -0.25) is 0 Å². The van der Waals surface area contributed by atoms with Gasteiger partial charge in [-0.2, -0.15) is 0 Å². The van der Waals surface area contributed by atoms with Crippen molar-refractivity contribution in [3.8, 4) is 0 Å². The number of nitrogens with two attached hydrogens (primary N) is 1. The molecular formula is C17H28N4. The molecule has 1 saturated carbocycles. The number of nitrogen functional groups attached to an aromatic ring is 1. The monoisotopic (exact) mass is 288 g/mol. The van der Waals surface area contributed by atoms with Crippen LogP contribution in [-0.2, 0) is 12.8 Å². The van der Waals surface area contributed by atoms with Crippen molar-refractivity contribution in [2.45, 2.75) is 83.0 Å². The van der Waals surface area contributed by atoms with Gasteiger partial charge in [0.25, 0.3) is 0 Å². The lowest BCUT2D eigenvalue weighted by molar-refractivity contribution is 0.441. The highest BCUT2D eigenvalue weighted by Gasteiger charge is 2.21. The first-order valence-electron chi connectivity index (χ1n) is 8.75. The largest absolute Gasteiger partial charge is 0.308 e. The number of hydrogen-bond acceptors (Lipinski definition) is 4. The van der Waals surface area contributed by atoms with Crippen molar-refractivity contribution in [2.24, 2.45) is 5.84 Å². The second-order valence-corrected chi connectivity index (χ2v) is 6.60. The van der Waals surface area contributed by atoms with Crippen LogP contribution in [0.1, 0.15) is 87.2 Å². The molecular weight excluding hydrogens is 260 g/mol. The fourth-order valence-electron chi connectivity index (χ4n) is 3.81. The Hall–Kier alpha value is -1.16. The topological polar surface area (TPSA) is 63.8 Å². The molecule has 2 aliphatic carbocycles. The Morgan fingerprint density at radius 3 is 2.24 bits per heavy atom. The molecule has 4 nitrogen and oxygen atoms in total. The van der Waals surface area contributed by atoms with Gasteiger partial charge in [0, 0.05) is 17.2 Å². The van der Waals surface area contributed by atoms with E-state index in [0.29, 0.717) is 5.92 Å². The summed E-state index contributed by atoms with van der Waals surface area (Å²) in [4.78, 5) is 9.77. The van der Waals surface area contributed by atoms with E-state index < -0.39 is 0 Å². The summed E-state index contributed by atoms with van der Waals surface area (Å²) in [5, 5.41) is 0. The summed E-state index contributed by atoms with van der Waals surface area (Å²) < 4.78 is 0. The Labute approximate surface area is 127 Å². The highest BCUT2D eigenvalue weighted by atomic mass is 15.3. The molecule has 3 rings (SSSR count). The zero-order valence-electron chi connectivity index (χ0n) is 13.0. The molecule has 2 aliphatic rings.